The van der Waals surface area contributed by atoms with Crippen LogP contribution in [0.4, 0.5) is 5.69 Å². The molecular weight excluding hydrogens is 340 g/mol. The molecule has 25 heavy (non-hydrogen) atoms. The van der Waals surface area contributed by atoms with Crippen LogP contribution in [0.5, 0.6) is 0 Å². The number of nitro groups is 1. The van der Waals surface area contributed by atoms with Gasteiger partial charge >= 0.3 is 0 Å². The molecule has 1 aliphatic carbocycles. The lowest BCUT2D eigenvalue weighted by atomic mass is 9.89. The highest BCUT2D eigenvalue weighted by molar-refractivity contribution is 6.32. The lowest BCUT2D eigenvalue weighted by molar-refractivity contribution is -0.384. The number of carbonyl (C=O) groups excluding carboxylic acids is 1. The van der Waals surface area contributed by atoms with Crippen molar-refractivity contribution in [2.45, 2.75) is 38.6 Å². The Kier molecular flexibility index (Phi) is 5.04. The first-order valence-corrected chi connectivity index (χ1v) is 8.70. The molecule has 1 aliphatic rings. The zero-order chi connectivity index (χ0) is 18.0. The molecule has 3 rings (SSSR count). The molecule has 1 atom stereocenters. The van der Waals surface area contributed by atoms with Crippen LogP contribution in [0.2, 0.25) is 5.02 Å². The quantitative estimate of drug-likeness (QED) is 0.640. The van der Waals surface area contributed by atoms with Crippen molar-refractivity contribution < 1.29 is 9.72 Å². The van der Waals surface area contributed by atoms with E-state index in [4.69, 9.17) is 11.6 Å². The maximum absolute atomic E-state index is 12.4. The van der Waals surface area contributed by atoms with Gasteiger partial charge in [-0.25, -0.2) is 0 Å². The third kappa shape index (κ3) is 3.82. The molecule has 0 heterocycles. The molecule has 1 amide bonds. The first-order chi connectivity index (χ1) is 12.0. The molecule has 0 aromatic heterocycles. The fourth-order valence-electron chi connectivity index (χ4n) is 3.18. The summed E-state index contributed by atoms with van der Waals surface area (Å²) < 4.78 is 0. The highest BCUT2D eigenvalue weighted by atomic mass is 35.5. The van der Waals surface area contributed by atoms with E-state index in [0.717, 1.165) is 18.4 Å². The normalized spacial score (nSPS) is 14.5. The maximum atomic E-state index is 12.4. The van der Waals surface area contributed by atoms with Gasteiger partial charge in [0.2, 0.25) is 0 Å². The van der Waals surface area contributed by atoms with Crippen LogP contribution in [0.15, 0.2) is 36.4 Å². The number of rotatable bonds is 4. The number of benzene rings is 2. The second kappa shape index (κ2) is 7.23. The van der Waals surface area contributed by atoms with Crippen molar-refractivity contribution in [3.63, 3.8) is 0 Å². The Hall–Kier alpha value is -2.40. The SMILES string of the molecule is C[C@@H](NC(=O)c1ccc(Cl)c([N+](=O)[O-])c1)c1ccc2c(c1)CCCC2. The summed E-state index contributed by atoms with van der Waals surface area (Å²) in [6.07, 6.45) is 4.62. The molecule has 1 N–H and O–H groups in total. The second-order valence-corrected chi connectivity index (χ2v) is 6.76. The van der Waals surface area contributed by atoms with E-state index in [2.05, 4.69) is 17.4 Å². The number of nitrogens with zero attached hydrogens (tertiary/aromatic N) is 1. The number of nitrogens with one attached hydrogen (secondary N) is 1. The standard InChI is InChI=1S/C19H19ClN2O3/c1-12(14-7-6-13-4-2-3-5-15(13)10-14)21-19(23)16-8-9-17(20)18(11-16)22(24)25/h6-12H,2-5H2,1H3,(H,21,23)/t12-/m1/s1. The van der Waals surface area contributed by atoms with Crippen molar-refractivity contribution in [2.75, 3.05) is 0 Å². The monoisotopic (exact) mass is 358 g/mol. The average Bonchev–Trinajstić information content (AvgIpc) is 2.61. The minimum absolute atomic E-state index is 0.0179. The molecule has 6 heteroatoms. The topological polar surface area (TPSA) is 72.2 Å². The van der Waals surface area contributed by atoms with E-state index in [9.17, 15) is 14.9 Å². The van der Waals surface area contributed by atoms with Crippen LogP contribution >= 0.6 is 11.6 Å². The van der Waals surface area contributed by atoms with Crippen LogP contribution in [0.3, 0.4) is 0 Å². The van der Waals surface area contributed by atoms with Crippen LogP contribution in [-0.4, -0.2) is 10.8 Å². The Morgan fingerprint density at radius 1 is 1.16 bits per heavy atom. The van der Waals surface area contributed by atoms with Gasteiger partial charge in [-0.3, -0.25) is 14.9 Å². The number of nitro benzene ring substituents is 1. The Morgan fingerprint density at radius 2 is 1.88 bits per heavy atom. The van der Waals surface area contributed by atoms with Gasteiger partial charge in [0.25, 0.3) is 11.6 Å². The molecule has 0 aliphatic heterocycles. The summed E-state index contributed by atoms with van der Waals surface area (Å²) in [7, 11) is 0. The second-order valence-electron chi connectivity index (χ2n) is 6.35. The van der Waals surface area contributed by atoms with Crippen LogP contribution in [0.1, 0.15) is 52.9 Å². The van der Waals surface area contributed by atoms with Gasteiger partial charge in [-0.15, -0.1) is 0 Å². The molecule has 0 spiro atoms. The van der Waals surface area contributed by atoms with Crippen molar-refractivity contribution >= 4 is 23.2 Å². The van der Waals surface area contributed by atoms with E-state index in [1.807, 2.05) is 13.0 Å². The highest BCUT2D eigenvalue weighted by Crippen LogP contribution is 2.27. The van der Waals surface area contributed by atoms with E-state index < -0.39 is 4.92 Å². The number of fused-ring (bicyclic) bond motifs is 1. The smallest absolute Gasteiger partial charge is 0.288 e. The fourth-order valence-corrected chi connectivity index (χ4v) is 3.37. The summed E-state index contributed by atoms with van der Waals surface area (Å²) in [4.78, 5) is 22.8. The molecule has 0 unspecified atom stereocenters. The first kappa shape index (κ1) is 17.4. The van der Waals surface area contributed by atoms with Gasteiger partial charge in [-0.2, -0.15) is 0 Å². The predicted molar refractivity (Wildman–Crippen MR) is 97.1 cm³/mol. The molecule has 0 saturated carbocycles. The fraction of sp³-hybridized carbons (Fsp3) is 0.316. The number of hydrogen-bond acceptors (Lipinski definition) is 3. The van der Waals surface area contributed by atoms with E-state index in [0.29, 0.717) is 0 Å². The first-order valence-electron chi connectivity index (χ1n) is 8.32. The summed E-state index contributed by atoms with van der Waals surface area (Å²) in [6, 6.07) is 10.2. The van der Waals surface area contributed by atoms with Gasteiger partial charge in [-0.05, 0) is 61.4 Å². The van der Waals surface area contributed by atoms with Gasteiger partial charge in [0.1, 0.15) is 5.02 Å². The van der Waals surface area contributed by atoms with Crippen LogP contribution in [-0.2, 0) is 12.8 Å². The molecule has 0 fully saturated rings. The number of aryl methyl sites for hydroxylation is 2. The summed E-state index contributed by atoms with van der Waals surface area (Å²) in [5.74, 6) is -0.356. The minimum atomic E-state index is -0.591. The van der Waals surface area contributed by atoms with Crippen molar-refractivity contribution in [1.29, 1.82) is 0 Å². The van der Waals surface area contributed by atoms with E-state index in [1.54, 1.807) is 0 Å². The van der Waals surface area contributed by atoms with Crippen molar-refractivity contribution in [3.8, 4) is 0 Å². The lowest BCUT2D eigenvalue weighted by Crippen LogP contribution is -2.27. The molecule has 0 radical (unpaired) electrons. The number of amides is 1. The number of hydrogen-bond donors (Lipinski definition) is 1. The Labute approximate surface area is 151 Å². The van der Waals surface area contributed by atoms with E-state index in [1.165, 1.54) is 42.2 Å². The van der Waals surface area contributed by atoms with Crippen LogP contribution in [0, 0.1) is 10.1 Å². The number of carbonyl (C=O) groups is 1. The summed E-state index contributed by atoms with van der Waals surface area (Å²) >= 11 is 5.79. The lowest BCUT2D eigenvalue weighted by Gasteiger charge is -2.20. The van der Waals surface area contributed by atoms with Crippen LogP contribution in [0.25, 0.3) is 0 Å². The van der Waals surface area contributed by atoms with Crippen LogP contribution < -0.4 is 5.32 Å². The summed E-state index contributed by atoms with van der Waals surface area (Å²) in [5.41, 5.74) is 3.74. The molecular formula is C19H19ClN2O3. The molecule has 0 bridgehead atoms. The minimum Gasteiger partial charge on any atom is -0.346 e. The Balaban J connectivity index is 1.76. The van der Waals surface area contributed by atoms with E-state index in [-0.39, 0.29) is 28.2 Å². The third-order valence-corrected chi connectivity index (χ3v) is 4.94. The Morgan fingerprint density at radius 3 is 2.60 bits per heavy atom. The number of halogens is 1. The molecule has 2 aromatic rings. The van der Waals surface area contributed by atoms with E-state index >= 15 is 0 Å². The zero-order valence-corrected chi connectivity index (χ0v) is 14.7. The van der Waals surface area contributed by atoms with Gasteiger partial charge in [0.05, 0.1) is 11.0 Å². The zero-order valence-electron chi connectivity index (χ0n) is 13.9. The van der Waals surface area contributed by atoms with Crippen molar-refractivity contribution in [3.05, 3.63) is 73.8 Å². The molecule has 5 nitrogen and oxygen atoms in total. The van der Waals surface area contributed by atoms with Gasteiger partial charge in [0.15, 0.2) is 0 Å². The van der Waals surface area contributed by atoms with Gasteiger partial charge in [-0.1, -0.05) is 29.8 Å². The molecule has 2 aromatic carbocycles. The van der Waals surface area contributed by atoms with Crippen molar-refractivity contribution in [1.82, 2.24) is 5.32 Å². The molecule has 130 valence electrons. The maximum Gasteiger partial charge on any atom is 0.288 e. The third-order valence-electron chi connectivity index (χ3n) is 4.63. The highest BCUT2D eigenvalue weighted by Gasteiger charge is 2.18. The average molecular weight is 359 g/mol. The Bertz CT molecular complexity index is 835. The summed E-state index contributed by atoms with van der Waals surface area (Å²) in [6.45, 7) is 1.91. The van der Waals surface area contributed by atoms with Gasteiger partial charge < -0.3 is 5.32 Å². The molecule has 0 saturated heterocycles. The summed E-state index contributed by atoms with van der Waals surface area (Å²) in [5, 5.41) is 13.9. The largest absolute Gasteiger partial charge is 0.346 e. The van der Waals surface area contributed by atoms with Gasteiger partial charge in [0, 0.05) is 11.6 Å². The van der Waals surface area contributed by atoms with Crippen molar-refractivity contribution in [2.24, 2.45) is 0 Å². The predicted octanol–water partition coefficient (Wildman–Crippen LogP) is 4.62.